The highest BCUT2D eigenvalue weighted by atomic mass is 32.1. The van der Waals surface area contributed by atoms with E-state index in [-0.39, 0.29) is 11.8 Å². The molecular formula is C22H26N4O2S. The smallest absolute Gasteiger partial charge is 0.270 e. The van der Waals surface area contributed by atoms with Gasteiger partial charge in [-0.25, -0.2) is 0 Å². The molecule has 2 heterocycles. The van der Waals surface area contributed by atoms with Gasteiger partial charge in [-0.3, -0.25) is 9.59 Å². The summed E-state index contributed by atoms with van der Waals surface area (Å²) < 4.78 is 1.88. The third-order valence-electron chi connectivity index (χ3n) is 4.45. The Morgan fingerprint density at radius 3 is 2.62 bits per heavy atom. The van der Waals surface area contributed by atoms with Crippen LogP contribution in [0.15, 0.2) is 54.0 Å². The van der Waals surface area contributed by atoms with Crippen molar-refractivity contribution >= 4 is 28.8 Å². The Bertz CT molecular complexity index is 977. The molecule has 152 valence electrons. The van der Waals surface area contributed by atoms with Gasteiger partial charge in [0.15, 0.2) is 0 Å². The minimum Gasteiger partial charge on any atom is -0.349 e. The molecule has 0 radical (unpaired) electrons. The molecular weight excluding hydrogens is 384 g/mol. The second kappa shape index (κ2) is 9.54. The number of hydrogen-bond acceptors (Lipinski definition) is 4. The molecule has 0 aliphatic heterocycles. The van der Waals surface area contributed by atoms with E-state index in [0.717, 1.165) is 17.7 Å². The Balaban J connectivity index is 1.85. The molecule has 7 heteroatoms. The lowest BCUT2D eigenvalue weighted by atomic mass is 10.1. The molecule has 2 amide bonds. The lowest BCUT2D eigenvalue weighted by molar-refractivity contribution is 0.0943. The first-order chi connectivity index (χ1) is 13.9. The lowest BCUT2D eigenvalue weighted by Gasteiger charge is -2.14. The summed E-state index contributed by atoms with van der Waals surface area (Å²) >= 11 is 1.37. The van der Waals surface area contributed by atoms with Gasteiger partial charge in [0, 0.05) is 25.8 Å². The number of aromatic nitrogens is 1. The van der Waals surface area contributed by atoms with Gasteiger partial charge in [-0.05, 0) is 44.1 Å². The average Bonchev–Trinajstić information content (AvgIpc) is 3.32. The Labute approximate surface area is 175 Å². The summed E-state index contributed by atoms with van der Waals surface area (Å²) in [5.74, 6) is -0.415. The highest BCUT2D eigenvalue weighted by Crippen LogP contribution is 2.21. The summed E-state index contributed by atoms with van der Waals surface area (Å²) in [5.41, 5.74) is 3.23. The number of aryl methyl sites for hydroxylation is 1. The first kappa shape index (κ1) is 20.8. The molecule has 0 spiro atoms. The largest absolute Gasteiger partial charge is 0.349 e. The second-order valence-electron chi connectivity index (χ2n) is 7.19. The molecule has 0 saturated carbocycles. The van der Waals surface area contributed by atoms with Gasteiger partial charge >= 0.3 is 0 Å². The maximum atomic E-state index is 13.0. The Morgan fingerprint density at radius 2 is 1.93 bits per heavy atom. The molecule has 0 unspecified atom stereocenters. The number of anilines is 1. The number of hydrogen-bond donors (Lipinski definition) is 2. The zero-order valence-electron chi connectivity index (χ0n) is 16.9. The molecule has 0 aliphatic rings. The molecule has 29 heavy (non-hydrogen) atoms. The monoisotopic (exact) mass is 410 g/mol. The van der Waals surface area contributed by atoms with Crippen LogP contribution in [0.4, 0.5) is 5.69 Å². The fourth-order valence-electron chi connectivity index (χ4n) is 3.03. The fourth-order valence-corrected chi connectivity index (χ4v) is 3.65. The third kappa shape index (κ3) is 5.56. The van der Waals surface area contributed by atoms with Crippen molar-refractivity contribution in [2.45, 2.75) is 13.5 Å². The van der Waals surface area contributed by atoms with Crippen LogP contribution in [-0.4, -0.2) is 48.5 Å². The molecule has 0 atom stereocenters. The quantitative estimate of drug-likeness (QED) is 0.598. The van der Waals surface area contributed by atoms with Crippen LogP contribution >= 0.6 is 11.3 Å². The van der Waals surface area contributed by atoms with Crippen LogP contribution in [0.25, 0.3) is 0 Å². The molecule has 2 aromatic heterocycles. The predicted molar refractivity (Wildman–Crippen MR) is 118 cm³/mol. The van der Waals surface area contributed by atoms with Gasteiger partial charge in [-0.15, -0.1) is 11.3 Å². The van der Waals surface area contributed by atoms with Gasteiger partial charge in [0.25, 0.3) is 11.8 Å². The number of benzene rings is 1. The number of carbonyl (C=O) groups is 2. The molecule has 0 bridgehead atoms. The Hall–Kier alpha value is -2.90. The molecule has 2 N–H and O–H groups in total. The first-order valence-corrected chi connectivity index (χ1v) is 10.3. The average molecular weight is 411 g/mol. The molecule has 3 rings (SSSR count). The highest BCUT2D eigenvalue weighted by molar-refractivity contribution is 7.12. The number of likely N-dealkylation sites (N-methyl/N-ethyl adjacent to an activating group) is 1. The number of amides is 2. The van der Waals surface area contributed by atoms with Crippen molar-refractivity contribution in [3.63, 3.8) is 0 Å². The predicted octanol–water partition coefficient (Wildman–Crippen LogP) is 3.45. The van der Waals surface area contributed by atoms with Crippen LogP contribution < -0.4 is 10.6 Å². The van der Waals surface area contributed by atoms with Crippen LogP contribution in [0.1, 0.15) is 31.3 Å². The molecule has 1 aromatic carbocycles. The van der Waals surface area contributed by atoms with E-state index in [1.165, 1.54) is 11.3 Å². The Morgan fingerprint density at radius 1 is 1.10 bits per heavy atom. The van der Waals surface area contributed by atoms with Crippen LogP contribution in [-0.2, 0) is 6.54 Å². The lowest BCUT2D eigenvalue weighted by Crippen LogP contribution is -2.33. The normalized spacial score (nSPS) is 10.9. The molecule has 3 aromatic rings. The fraction of sp³-hybridized carbons (Fsp3) is 0.273. The van der Waals surface area contributed by atoms with Gasteiger partial charge in [0.1, 0.15) is 5.69 Å². The number of rotatable bonds is 8. The number of carbonyl (C=O) groups excluding carboxylic acids is 2. The van der Waals surface area contributed by atoms with E-state index in [0.29, 0.717) is 29.3 Å². The van der Waals surface area contributed by atoms with E-state index in [4.69, 9.17) is 0 Å². The maximum Gasteiger partial charge on any atom is 0.270 e. The van der Waals surface area contributed by atoms with Crippen molar-refractivity contribution in [3.8, 4) is 0 Å². The van der Waals surface area contributed by atoms with Gasteiger partial charge in [-0.1, -0.05) is 35.9 Å². The number of nitrogens with zero attached hydrogens (tertiary/aromatic N) is 2. The van der Waals surface area contributed by atoms with Crippen molar-refractivity contribution < 1.29 is 9.59 Å². The zero-order valence-corrected chi connectivity index (χ0v) is 17.8. The van der Waals surface area contributed by atoms with Crippen LogP contribution in [0.3, 0.4) is 0 Å². The van der Waals surface area contributed by atoms with Crippen LogP contribution in [0.5, 0.6) is 0 Å². The summed E-state index contributed by atoms with van der Waals surface area (Å²) in [4.78, 5) is 28.1. The van der Waals surface area contributed by atoms with Crippen LogP contribution in [0, 0.1) is 6.92 Å². The maximum absolute atomic E-state index is 13.0. The summed E-state index contributed by atoms with van der Waals surface area (Å²) in [5, 5.41) is 7.70. The van der Waals surface area contributed by atoms with E-state index < -0.39 is 0 Å². The van der Waals surface area contributed by atoms with E-state index in [9.17, 15) is 9.59 Å². The molecule has 0 aliphatic carbocycles. The summed E-state index contributed by atoms with van der Waals surface area (Å²) in [6, 6.07) is 13.5. The van der Waals surface area contributed by atoms with Gasteiger partial charge in [0.2, 0.25) is 0 Å². The van der Waals surface area contributed by atoms with E-state index in [1.807, 2.05) is 66.3 Å². The minimum absolute atomic E-state index is 0.203. The van der Waals surface area contributed by atoms with Crippen molar-refractivity contribution in [3.05, 3.63) is 75.7 Å². The molecule has 6 nitrogen and oxygen atoms in total. The molecule has 0 saturated heterocycles. The standard InChI is InChI=1S/C22H26N4O2S/c1-16-6-4-7-17(14-16)15-26-11-9-18(24-21(27)19-8-5-13-29-19)20(26)22(28)23-10-12-25(2)3/h4-9,11,13-14H,10,12,15H2,1-3H3,(H,23,28)(H,24,27). The van der Waals surface area contributed by atoms with E-state index in [2.05, 4.69) is 16.7 Å². The van der Waals surface area contributed by atoms with Crippen LogP contribution in [0.2, 0.25) is 0 Å². The van der Waals surface area contributed by atoms with Crippen molar-refractivity contribution in [1.29, 1.82) is 0 Å². The van der Waals surface area contributed by atoms with Gasteiger partial charge in [0.05, 0.1) is 10.6 Å². The van der Waals surface area contributed by atoms with E-state index in [1.54, 1.807) is 12.1 Å². The van der Waals surface area contributed by atoms with Crippen molar-refractivity contribution in [2.75, 3.05) is 32.5 Å². The SMILES string of the molecule is Cc1cccc(Cn2ccc(NC(=O)c3cccs3)c2C(=O)NCCN(C)C)c1. The van der Waals surface area contributed by atoms with Gasteiger partial charge in [-0.2, -0.15) is 0 Å². The summed E-state index contributed by atoms with van der Waals surface area (Å²) in [6.45, 7) is 3.86. The summed E-state index contributed by atoms with van der Waals surface area (Å²) in [6.07, 6.45) is 1.84. The topological polar surface area (TPSA) is 66.4 Å². The summed E-state index contributed by atoms with van der Waals surface area (Å²) in [7, 11) is 3.92. The molecule has 0 fully saturated rings. The van der Waals surface area contributed by atoms with Crippen molar-refractivity contribution in [1.82, 2.24) is 14.8 Å². The third-order valence-corrected chi connectivity index (χ3v) is 5.32. The zero-order chi connectivity index (χ0) is 20.8. The highest BCUT2D eigenvalue weighted by Gasteiger charge is 2.20. The van der Waals surface area contributed by atoms with Gasteiger partial charge < -0.3 is 20.1 Å². The minimum atomic E-state index is -0.212. The van der Waals surface area contributed by atoms with E-state index >= 15 is 0 Å². The van der Waals surface area contributed by atoms with Crippen molar-refractivity contribution in [2.24, 2.45) is 0 Å². The second-order valence-corrected chi connectivity index (χ2v) is 8.13. The number of thiophene rings is 1. The Kier molecular flexibility index (Phi) is 6.85. The first-order valence-electron chi connectivity index (χ1n) is 9.46. The number of nitrogens with one attached hydrogen (secondary N) is 2.